The molecule has 1 heterocycles. The van der Waals surface area contributed by atoms with Crippen LogP contribution in [-0.2, 0) is 11.2 Å². The van der Waals surface area contributed by atoms with Crippen LogP contribution in [0.1, 0.15) is 44.6 Å². The largest absolute Gasteiger partial charge is 0.497 e. The highest BCUT2D eigenvalue weighted by Gasteiger charge is 2.15. The molecule has 0 bridgehead atoms. The van der Waals surface area contributed by atoms with Crippen LogP contribution in [0.25, 0.3) is 10.9 Å². The normalized spacial score (nSPS) is 15.4. The molecule has 0 amide bonds. The van der Waals surface area contributed by atoms with Crippen LogP contribution in [0.3, 0.4) is 0 Å². The number of H-pyrrole nitrogens is 1. The Balaban J connectivity index is 1.70. The van der Waals surface area contributed by atoms with Gasteiger partial charge in [-0.25, -0.2) is 0 Å². The summed E-state index contributed by atoms with van der Waals surface area (Å²) in [6, 6.07) is 6.09. The van der Waals surface area contributed by atoms with E-state index >= 15 is 0 Å². The van der Waals surface area contributed by atoms with E-state index in [4.69, 9.17) is 4.74 Å². The molecule has 3 rings (SSSR count). The van der Waals surface area contributed by atoms with E-state index in [-0.39, 0.29) is 5.78 Å². The van der Waals surface area contributed by atoms with Crippen LogP contribution < -0.4 is 10.1 Å². The Labute approximate surface area is 143 Å². The van der Waals surface area contributed by atoms with E-state index in [1.807, 2.05) is 12.1 Å². The fourth-order valence-electron chi connectivity index (χ4n) is 3.51. The van der Waals surface area contributed by atoms with Crippen LogP contribution in [0.4, 0.5) is 0 Å². The lowest BCUT2D eigenvalue weighted by molar-refractivity contribution is -0.113. The van der Waals surface area contributed by atoms with Crippen LogP contribution in [0.5, 0.6) is 5.75 Å². The topological polar surface area (TPSA) is 54.1 Å². The number of carbonyl (C=O) groups is 1. The summed E-state index contributed by atoms with van der Waals surface area (Å²) < 4.78 is 5.33. The molecule has 1 aliphatic carbocycles. The minimum Gasteiger partial charge on any atom is -0.497 e. The van der Waals surface area contributed by atoms with Crippen molar-refractivity contribution in [3.8, 4) is 5.75 Å². The number of aromatic nitrogens is 1. The first-order chi connectivity index (χ1) is 11.7. The summed E-state index contributed by atoms with van der Waals surface area (Å²) in [6.07, 6.45) is 8.41. The average Bonchev–Trinajstić information content (AvgIpc) is 2.83. The highest BCUT2D eigenvalue weighted by molar-refractivity contribution is 5.94. The van der Waals surface area contributed by atoms with Crippen molar-refractivity contribution in [3.05, 3.63) is 41.2 Å². The van der Waals surface area contributed by atoms with Crippen molar-refractivity contribution < 1.29 is 9.53 Å². The number of hydrogen-bond donors (Lipinski definition) is 2. The number of fused-ring (bicyclic) bond motifs is 1. The summed E-state index contributed by atoms with van der Waals surface area (Å²) in [4.78, 5) is 15.2. The molecule has 1 aliphatic rings. The molecule has 4 nitrogen and oxygen atoms in total. The van der Waals surface area contributed by atoms with Crippen molar-refractivity contribution >= 4 is 16.7 Å². The first kappa shape index (κ1) is 16.6. The molecule has 0 spiro atoms. The third-order valence-electron chi connectivity index (χ3n) is 4.85. The number of hydrogen-bond acceptors (Lipinski definition) is 3. The van der Waals surface area contributed by atoms with Crippen LogP contribution in [-0.4, -0.2) is 24.4 Å². The van der Waals surface area contributed by atoms with Crippen molar-refractivity contribution in [2.45, 2.75) is 45.4 Å². The summed E-state index contributed by atoms with van der Waals surface area (Å²) >= 11 is 0. The van der Waals surface area contributed by atoms with Crippen LogP contribution in [0, 0.1) is 0 Å². The van der Waals surface area contributed by atoms with Gasteiger partial charge in [-0.2, -0.15) is 0 Å². The van der Waals surface area contributed by atoms with Gasteiger partial charge in [-0.15, -0.1) is 0 Å². The SMILES string of the molecule is COc1ccc2[nH]cc(CCNC3=C(C(C)=O)CCCCC3)c2c1. The second-order valence-corrected chi connectivity index (χ2v) is 6.48. The van der Waals surface area contributed by atoms with Gasteiger partial charge in [0.2, 0.25) is 0 Å². The first-order valence-electron chi connectivity index (χ1n) is 8.80. The van der Waals surface area contributed by atoms with E-state index < -0.39 is 0 Å². The van der Waals surface area contributed by atoms with E-state index in [2.05, 4.69) is 22.6 Å². The summed E-state index contributed by atoms with van der Waals surface area (Å²) in [5, 5.41) is 4.74. The standard InChI is InChI=1S/C20H26N2O2/c1-14(23)17-6-4-3-5-7-19(17)21-11-10-15-13-22-20-9-8-16(24-2)12-18(15)20/h8-9,12-13,21-22H,3-7,10-11H2,1-2H3. The lowest BCUT2D eigenvalue weighted by Crippen LogP contribution is -2.20. The van der Waals surface area contributed by atoms with Gasteiger partial charge in [-0.3, -0.25) is 4.79 Å². The fraction of sp³-hybridized carbons (Fsp3) is 0.450. The Morgan fingerprint density at radius 3 is 2.88 bits per heavy atom. The van der Waals surface area contributed by atoms with Crippen molar-refractivity contribution in [1.82, 2.24) is 10.3 Å². The number of benzene rings is 1. The summed E-state index contributed by atoms with van der Waals surface area (Å²) in [5.41, 5.74) is 4.57. The van der Waals surface area contributed by atoms with E-state index in [9.17, 15) is 4.79 Å². The maximum absolute atomic E-state index is 11.9. The number of carbonyl (C=O) groups excluding carboxylic acids is 1. The van der Waals surface area contributed by atoms with E-state index in [1.165, 1.54) is 23.8 Å². The lowest BCUT2D eigenvalue weighted by atomic mass is 10.0. The van der Waals surface area contributed by atoms with Crippen LogP contribution in [0.2, 0.25) is 0 Å². The average molecular weight is 326 g/mol. The minimum absolute atomic E-state index is 0.219. The van der Waals surface area contributed by atoms with Crippen molar-refractivity contribution in [2.75, 3.05) is 13.7 Å². The van der Waals surface area contributed by atoms with Crippen molar-refractivity contribution in [3.63, 3.8) is 0 Å². The van der Waals surface area contributed by atoms with Gasteiger partial charge in [-0.1, -0.05) is 6.42 Å². The molecular weight excluding hydrogens is 300 g/mol. The molecule has 24 heavy (non-hydrogen) atoms. The molecule has 0 aliphatic heterocycles. The third kappa shape index (κ3) is 3.64. The predicted octanol–water partition coefficient (Wildman–Crippen LogP) is 4.12. The Kier molecular flexibility index (Phi) is 5.24. The van der Waals surface area contributed by atoms with Crippen LogP contribution >= 0.6 is 0 Å². The zero-order chi connectivity index (χ0) is 16.9. The molecule has 4 heteroatoms. The fourth-order valence-corrected chi connectivity index (χ4v) is 3.51. The van der Waals surface area contributed by atoms with Gasteiger partial charge in [0, 0.05) is 34.9 Å². The number of aromatic amines is 1. The summed E-state index contributed by atoms with van der Waals surface area (Å²) in [7, 11) is 1.69. The number of Topliss-reactive ketones (excluding diaryl/α,β-unsaturated/α-hetero) is 1. The molecular formula is C20H26N2O2. The first-order valence-corrected chi connectivity index (χ1v) is 8.80. The number of rotatable bonds is 6. The summed E-state index contributed by atoms with van der Waals surface area (Å²) in [6.45, 7) is 2.53. The lowest BCUT2D eigenvalue weighted by Gasteiger charge is -2.13. The Morgan fingerprint density at radius 2 is 2.08 bits per heavy atom. The van der Waals surface area contributed by atoms with E-state index in [1.54, 1.807) is 14.0 Å². The molecule has 0 saturated heterocycles. The van der Waals surface area contributed by atoms with Gasteiger partial charge < -0.3 is 15.0 Å². The van der Waals surface area contributed by atoms with Gasteiger partial charge >= 0.3 is 0 Å². The molecule has 0 radical (unpaired) electrons. The van der Waals surface area contributed by atoms with E-state index in [0.29, 0.717) is 0 Å². The summed E-state index contributed by atoms with van der Waals surface area (Å²) in [5.74, 6) is 1.10. The molecule has 2 aromatic rings. The van der Waals surface area contributed by atoms with Gasteiger partial charge in [0.05, 0.1) is 7.11 Å². The molecule has 2 N–H and O–H groups in total. The maximum atomic E-state index is 11.9. The molecule has 0 atom stereocenters. The smallest absolute Gasteiger partial charge is 0.157 e. The zero-order valence-corrected chi connectivity index (χ0v) is 14.6. The number of ketones is 1. The van der Waals surface area contributed by atoms with Gasteiger partial charge in [-0.05, 0) is 62.8 Å². The Hall–Kier alpha value is -2.23. The van der Waals surface area contributed by atoms with Crippen LogP contribution in [0.15, 0.2) is 35.7 Å². The zero-order valence-electron chi connectivity index (χ0n) is 14.6. The third-order valence-corrected chi connectivity index (χ3v) is 4.85. The van der Waals surface area contributed by atoms with Crippen molar-refractivity contribution in [2.24, 2.45) is 0 Å². The number of ether oxygens (including phenoxy) is 1. The Morgan fingerprint density at radius 1 is 1.25 bits per heavy atom. The molecule has 0 saturated carbocycles. The predicted molar refractivity (Wildman–Crippen MR) is 97.3 cm³/mol. The number of allylic oxidation sites excluding steroid dienone is 2. The molecule has 1 aromatic carbocycles. The molecule has 0 unspecified atom stereocenters. The quantitative estimate of drug-likeness (QED) is 0.840. The van der Waals surface area contributed by atoms with Gasteiger partial charge in [0.1, 0.15) is 5.75 Å². The van der Waals surface area contributed by atoms with Crippen molar-refractivity contribution in [1.29, 1.82) is 0 Å². The molecule has 1 aromatic heterocycles. The monoisotopic (exact) mass is 326 g/mol. The van der Waals surface area contributed by atoms with Gasteiger partial charge in [0.25, 0.3) is 0 Å². The van der Waals surface area contributed by atoms with Gasteiger partial charge in [0.15, 0.2) is 5.78 Å². The second-order valence-electron chi connectivity index (χ2n) is 6.48. The molecule has 0 fully saturated rings. The highest BCUT2D eigenvalue weighted by atomic mass is 16.5. The highest BCUT2D eigenvalue weighted by Crippen LogP contribution is 2.25. The number of methoxy groups -OCH3 is 1. The minimum atomic E-state index is 0.219. The second kappa shape index (κ2) is 7.56. The maximum Gasteiger partial charge on any atom is 0.157 e. The number of nitrogens with one attached hydrogen (secondary N) is 2. The Bertz CT molecular complexity index is 758. The molecule has 128 valence electrons. The van der Waals surface area contributed by atoms with E-state index in [0.717, 1.165) is 54.8 Å².